The summed E-state index contributed by atoms with van der Waals surface area (Å²) in [6.07, 6.45) is 29.3. The normalized spacial score (nSPS) is 11.5. The zero-order valence-electron chi connectivity index (χ0n) is 35.6. The highest BCUT2D eigenvalue weighted by molar-refractivity contribution is 5.48. The van der Waals surface area contributed by atoms with Crippen molar-refractivity contribution in [2.45, 2.75) is 195 Å². The number of anilines is 2. The quantitative estimate of drug-likeness (QED) is 0.0500. The van der Waals surface area contributed by atoms with Crippen molar-refractivity contribution in [2.75, 3.05) is 43.5 Å². The first-order chi connectivity index (χ1) is 26.7. The van der Waals surface area contributed by atoms with E-state index in [0.717, 1.165) is 48.2 Å². The molecule has 0 amide bonds. The van der Waals surface area contributed by atoms with Crippen LogP contribution in [-0.2, 0) is 24.1 Å². The van der Waals surface area contributed by atoms with E-state index in [9.17, 15) is 0 Å². The molecule has 0 aliphatic carbocycles. The second-order valence-corrected chi connectivity index (χ2v) is 14.9. The zero-order valence-corrected chi connectivity index (χ0v) is 35.6. The molecule has 2 aromatic carbocycles. The molecule has 0 saturated heterocycles. The minimum atomic E-state index is -0.193. The molecule has 0 aromatic heterocycles. The highest BCUT2D eigenvalue weighted by atomic mass is 17.0. The average Bonchev–Trinajstić information content (AvgIpc) is 3.20. The number of hydrogen-bond donors (Lipinski definition) is 0. The SMILES string of the molecule is CCCCCCCCON(OCCCCCCCC)c1ccc(C(OCC)c2ccc(N(OCCCCCCCC)OCCCCCCCC)cc2)cc1. The molecule has 0 aliphatic rings. The van der Waals surface area contributed by atoms with Crippen LogP contribution in [0.5, 0.6) is 0 Å². The molecule has 7 heteroatoms. The first kappa shape index (κ1) is 48.0. The predicted molar refractivity (Wildman–Crippen MR) is 229 cm³/mol. The van der Waals surface area contributed by atoms with E-state index in [-0.39, 0.29) is 6.10 Å². The van der Waals surface area contributed by atoms with Crippen LogP contribution in [0, 0.1) is 0 Å². The smallest absolute Gasteiger partial charge is 0.108 e. The highest BCUT2D eigenvalue weighted by Gasteiger charge is 2.18. The Bertz CT molecular complexity index is 963. The van der Waals surface area contributed by atoms with Gasteiger partial charge in [-0.2, -0.15) is 0 Å². The molecule has 0 spiro atoms. The molecule has 0 atom stereocenters. The lowest BCUT2D eigenvalue weighted by Crippen LogP contribution is -2.25. The van der Waals surface area contributed by atoms with Crippen LogP contribution in [-0.4, -0.2) is 33.0 Å². The lowest BCUT2D eigenvalue weighted by atomic mass is 10.0. The largest absolute Gasteiger partial charge is 0.369 e. The average molecular weight is 755 g/mol. The molecule has 2 rings (SSSR count). The third-order valence-electron chi connectivity index (χ3n) is 9.97. The van der Waals surface area contributed by atoms with Crippen LogP contribution in [0.15, 0.2) is 48.5 Å². The fourth-order valence-corrected chi connectivity index (χ4v) is 6.59. The van der Waals surface area contributed by atoms with E-state index >= 15 is 0 Å². The number of rotatable bonds is 38. The standard InChI is InChI=1S/C47H82N2O5/c1-6-11-15-19-23-27-39-51-48(52-40-28-24-20-16-12-7-2)45-35-31-43(32-36-45)47(50-10-5)44-33-37-46(38-34-44)49(53-41-29-25-21-17-13-8-3)54-42-30-26-22-18-14-9-4/h31-38,47H,6-30,39-42H2,1-5H3. The van der Waals surface area contributed by atoms with E-state index in [4.69, 9.17) is 24.1 Å². The van der Waals surface area contributed by atoms with Gasteiger partial charge in [0.25, 0.3) is 0 Å². The van der Waals surface area contributed by atoms with Gasteiger partial charge in [0, 0.05) is 6.61 Å². The molecule has 0 heterocycles. The third kappa shape index (κ3) is 22.4. The first-order valence-corrected chi connectivity index (χ1v) is 22.6. The Morgan fingerprint density at radius 1 is 0.352 bits per heavy atom. The minimum absolute atomic E-state index is 0.193. The summed E-state index contributed by atoms with van der Waals surface area (Å²) in [6, 6.07) is 16.9. The number of nitrogens with zero attached hydrogens (tertiary/aromatic N) is 2. The molecule has 0 saturated carbocycles. The number of unbranched alkanes of at least 4 members (excludes halogenated alkanes) is 20. The van der Waals surface area contributed by atoms with Crippen molar-refractivity contribution in [1.82, 2.24) is 0 Å². The molecule has 0 aliphatic heterocycles. The maximum Gasteiger partial charge on any atom is 0.108 e. The zero-order chi connectivity index (χ0) is 38.7. The van der Waals surface area contributed by atoms with Gasteiger partial charge in [-0.25, -0.2) is 19.4 Å². The van der Waals surface area contributed by atoms with E-state index in [2.05, 4.69) is 83.1 Å². The Labute approximate surface area is 332 Å². The molecule has 0 radical (unpaired) electrons. The number of hydrogen-bond acceptors (Lipinski definition) is 7. The monoisotopic (exact) mass is 755 g/mol. The van der Waals surface area contributed by atoms with Gasteiger partial charge < -0.3 is 4.74 Å². The van der Waals surface area contributed by atoms with Crippen molar-refractivity contribution in [1.29, 1.82) is 0 Å². The van der Waals surface area contributed by atoms with E-state index in [1.54, 1.807) is 10.5 Å². The molecule has 0 bridgehead atoms. The summed E-state index contributed by atoms with van der Waals surface area (Å²) >= 11 is 0. The summed E-state index contributed by atoms with van der Waals surface area (Å²) in [5.41, 5.74) is 4.00. The maximum atomic E-state index is 6.34. The molecule has 0 N–H and O–H groups in total. The van der Waals surface area contributed by atoms with Crippen molar-refractivity contribution in [3.05, 3.63) is 59.7 Å². The first-order valence-electron chi connectivity index (χ1n) is 22.6. The Hall–Kier alpha value is -2.16. The Morgan fingerprint density at radius 2 is 0.611 bits per heavy atom. The molecule has 7 nitrogen and oxygen atoms in total. The van der Waals surface area contributed by atoms with Gasteiger partial charge in [0.2, 0.25) is 0 Å². The van der Waals surface area contributed by atoms with E-state index in [0.29, 0.717) is 33.0 Å². The molecular formula is C47H82N2O5. The molecule has 0 fully saturated rings. The fraction of sp³-hybridized carbons (Fsp3) is 0.745. The topological polar surface area (TPSA) is 52.6 Å². The van der Waals surface area contributed by atoms with Gasteiger partial charge in [-0.3, -0.25) is 0 Å². The van der Waals surface area contributed by atoms with Crippen LogP contribution < -0.4 is 10.5 Å². The molecule has 310 valence electrons. The van der Waals surface area contributed by atoms with Crippen LogP contribution in [0.4, 0.5) is 11.4 Å². The molecule has 54 heavy (non-hydrogen) atoms. The van der Waals surface area contributed by atoms with Gasteiger partial charge >= 0.3 is 0 Å². The minimum Gasteiger partial charge on any atom is -0.369 e. The van der Waals surface area contributed by atoms with Gasteiger partial charge in [0.1, 0.15) is 6.10 Å². The second-order valence-electron chi connectivity index (χ2n) is 14.9. The van der Waals surface area contributed by atoms with E-state index < -0.39 is 0 Å². The number of benzene rings is 2. The van der Waals surface area contributed by atoms with Gasteiger partial charge in [-0.1, -0.05) is 180 Å². The van der Waals surface area contributed by atoms with Crippen LogP contribution in [0.3, 0.4) is 0 Å². The number of ether oxygens (including phenoxy) is 1. The predicted octanol–water partition coefficient (Wildman–Crippen LogP) is 14.6. The van der Waals surface area contributed by atoms with Crippen molar-refractivity contribution >= 4 is 11.4 Å². The van der Waals surface area contributed by atoms with Gasteiger partial charge in [0.15, 0.2) is 0 Å². The van der Waals surface area contributed by atoms with Crippen LogP contribution in [0.1, 0.15) is 206 Å². The Morgan fingerprint density at radius 3 is 0.870 bits per heavy atom. The van der Waals surface area contributed by atoms with Crippen LogP contribution in [0.2, 0.25) is 0 Å². The van der Waals surface area contributed by atoms with Crippen molar-refractivity contribution < 1.29 is 24.1 Å². The van der Waals surface area contributed by atoms with Crippen molar-refractivity contribution in [3.63, 3.8) is 0 Å². The summed E-state index contributed by atoms with van der Waals surface area (Å²) in [4.78, 5) is 24.9. The summed E-state index contributed by atoms with van der Waals surface area (Å²) in [5.74, 6) is 0. The van der Waals surface area contributed by atoms with Gasteiger partial charge in [-0.05, 0) is 68.0 Å². The summed E-state index contributed by atoms with van der Waals surface area (Å²) in [6.45, 7) is 14.3. The van der Waals surface area contributed by atoms with Gasteiger partial charge in [-0.15, -0.1) is 10.5 Å². The van der Waals surface area contributed by atoms with Crippen molar-refractivity contribution in [2.24, 2.45) is 0 Å². The lowest BCUT2D eigenvalue weighted by Gasteiger charge is -2.25. The maximum absolute atomic E-state index is 6.34. The highest BCUT2D eigenvalue weighted by Crippen LogP contribution is 2.30. The second kappa shape index (κ2) is 34.1. The van der Waals surface area contributed by atoms with Crippen molar-refractivity contribution in [3.8, 4) is 0 Å². The molecule has 0 unspecified atom stereocenters. The van der Waals surface area contributed by atoms with Crippen LogP contribution >= 0.6 is 0 Å². The molecule has 2 aromatic rings. The summed E-state index contributed by atoms with van der Waals surface area (Å²) in [7, 11) is 0. The summed E-state index contributed by atoms with van der Waals surface area (Å²) < 4.78 is 6.34. The fourth-order valence-electron chi connectivity index (χ4n) is 6.59. The molecular weight excluding hydrogens is 673 g/mol. The Kier molecular flexibility index (Phi) is 30.3. The lowest BCUT2D eigenvalue weighted by molar-refractivity contribution is -0.0916. The van der Waals surface area contributed by atoms with E-state index in [1.807, 2.05) is 0 Å². The van der Waals surface area contributed by atoms with Gasteiger partial charge in [0.05, 0.1) is 37.8 Å². The van der Waals surface area contributed by atoms with Crippen LogP contribution in [0.25, 0.3) is 0 Å². The summed E-state index contributed by atoms with van der Waals surface area (Å²) in [5, 5.41) is 3.30. The Balaban J connectivity index is 2.08. The third-order valence-corrected chi connectivity index (χ3v) is 9.97. The van der Waals surface area contributed by atoms with E-state index in [1.165, 1.54) is 128 Å².